The molecule has 0 radical (unpaired) electrons. The maximum atomic E-state index is 12.0. The van der Waals surface area contributed by atoms with Gasteiger partial charge in [0, 0.05) is 10.6 Å². The van der Waals surface area contributed by atoms with E-state index in [0.29, 0.717) is 16.3 Å². The number of carbonyl (C=O) groups excluding carboxylic acids is 2. The summed E-state index contributed by atoms with van der Waals surface area (Å²) in [4.78, 5) is 23.3. The zero-order chi connectivity index (χ0) is 16.8. The van der Waals surface area contributed by atoms with Gasteiger partial charge < -0.3 is 10.1 Å². The second-order valence-corrected chi connectivity index (χ2v) is 5.65. The highest BCUT2D eigenvalue weighted by atomic mass is 35.5. The number of hydrogen-bond acceptors (Lipinski definition) is 3. The first-order valence-electron chi connectivity index (χ1n) is 7.24. The topological polar surface area (TPSA) is 55.4 Å². The highest BCUT2D eigenvalue weighted by molar-refractivity contribution is 6.30. The Kier molecular flexibility index (Phi) is 5.77. The molecule has 0 aliphatic rings. The molecule has 5 heteroatoms. The Labute approximate surface area is 140 Å². The molecule has 0 spiro atoms. The van der Waals surface area contributed by atoms with E-state index in [0.717, 1.165) is 5.56 Å². The van der Waals surface area contributed by atoms with Crippen molar-refractivity contribution in [2.24, 2.45) is 0 Å². The minimum Gasteiger partial charge on any atom is -0.484 e. The molecule has 0 saturated heterocycles. The normalized spacial score (nSPS) is 11.6. The maximum Gasteiger partial charge on any atom is 0.258 e. The van der Waals surface area contributed by atoms with Crippen molar-refractivity contribution in [3.05, 3.63) is 64.7 Å². The van der Waals surface area contributed by atoms with Gasteiger partial charge >= 0.3 is 0 Å². The molecule has 0 bridgehead atoms. The van der Waals surface area contributed by atoms with Crippen LogP contribution in [0.3, 0.4) is 0 Å². The number of Topliss-reactive ketones (excluding diaryl/α,β-unsaturated/α-hetero) is 1. The first-order valence-corrected chi connectivity index (χ1v) is 7.62. The van der Waals surface area contributed by atoms with E-state index in [1.54, 1.807) is 30.3 Å². The number of nitrogens with one attached hydrogen (secondary N) is 1. The van der Waals surface area contributed by atoms with Gasteiger partial charge in [-0.25, -0.2) is 0 Å². The van der Waals surface area contributed by atoms with Crippen molar-refractivity contribution >= 4 is 23.3 Å². The Balaban J connectivity index is 1.90. The molecule has 0 fully saturated rings. The highest BCUT2D eigenvalue weighted by Crippen LogP contribution is 2.17. The molecule has 2 rings (SSSR count). The Bertz CT molecular complexity index is 715. The van der Waals surface area contributed by atoms with Crippen LogP contribution in [0.5, 0.6) is 5.75 Å². The largest absolute Gasteiger partial charge is 0.484 e. The molecule has 1 amide bonds. The quantitative estimate of drug-likeness (QED) is 0.819. The molecule has 2 aromatic rings. The lowest BCUT2D eigenvalue weighted by Crippen LogP contribution is -2.31. The van der Waals surface area contributed by atoms with Crippen LogP contribution in [0, 0.1) is 0 Å². The number of amides is 1. The lowest BCUT2D eigenvalue weighted by Gasteiger charge is -2.15. The van der Waals surface area contributed by atoms with E-state index in [4.69, 9.17) is 16.3 Å². The summed E-state index contributed by atoms with van der Waals surface area (Å²) >= 11 is 5.94. The number of ketones is 1. The molecule has 1 N–H and O–H groups in total. The fraction of sp³-hybridized carbons (Fsp3) is 0.222. The molecular weight excluding hydrogens is 314 g/mol. The third-order valence-electron chi connectivity index (χ3n) is 3.34. The van der Waals surface area contributed by atoms with Crippen LogP contribution in [0.15, 0.2) is 48.5 Å². The van der Waals surface area contributed by atoms with E-state index >= 15 is 0 Å². The molecule has 23 heavy (non-hydrogen) atoms. The molecule has 0 aromatic heterocycles. The summed E-state index contributed by atoms with van der Waals surface area (Å²) in [6.07, 6.45) is 0. The lowest BCUT2D eigenvalue weighted by molar-refractivity contribution is -0.123. The highest BCUT2D eigenvalue weighted by Gasteiger charge is 2.11. The molecule has 4 nitrogen and oxygen atoms in total. The van der Waals surface area contributed by atoms with Crippen molar-refractivity contribution in [3.8, 4) is 5.75 Å². The third kappa shape index (κ3) is 5.11. The van der Waals surface area contributed by atoms with Gasteiger partial charge in [-0.1, -0.05) is 35.9 Å². The Morgan fingerprint density at radius 1 is 1.17 bits per heavy atom. The summed E-state index contributed by atoms with van der Waals surface area (Å²) in [5.41, 5.74) is 1.47. The van der Waals surface area contributed by atoms with Gasteiger partial charge in [0.15, 0.2) is 12.4 Å². The zero-order valence-corrected chi connectivity index (χ0v) is 13.8. The average molecular weight is 332 g/mol. The van der Waals surface area contributed by atoms with Gasteiger partial charge in [0.2, 0.25) is 0 Å². The predicted molar refractivity (Wildman–Crippen MR) is 90.0 cm³/mol. The number of halogens is 1. The smallest absolute Gasteiger partial charge is 0.258 e. The second kappa shape index (κ2) is 7.79. The molecule has 120 valence electrons. The Morgan fingerprint density at radius 3 is 2.61 bits per heavy atom. The van der Waals surface area contributed by atoms with Gasteiger partial charge in [0.25, 0.3) is 5.91 Å². The average Bonchev–Trinajstić information content (AvgIpc) is 2.53. The van der Waals surface area contributed by atoms with E-state index in [1.165, 1.54) is 6.92 Å². The van der Waals surface area contributed by atoms with Gasteiger partial charge in [-0.05, 0) is 43.7 Å². The lowest BCUT2D eigenvalue weighted by atomic mass is 10.1. The zero-order valence-electron chi connectivity index (χ0n) is 13.0. The van der Waals surface area contributed by atoms with Crippen molar-refractivity contribution < 1.29 is 14.3 Å². The van der Waals surface area contributed by atoms with E-state index in [2.05, 4.69) is 5.32 Å². The van der Waals surface area contributed by atoms with Crippen LogP contribution in [0.25, 0.3) is 0 Å². The molecule has 0 saturated carbocycles. The summed E-state index contributed by atoms with van der Waals surface area (Å²) in [6.45, 7) is 3.24. The van der Waals surface area contributed by atoms with E-state index < -0.39 is 0 Å². The minimum absolute atomic E-state index is 0.0468. The molecule has 0 aliphatic heterocycles. The van der Waals surface area contributed by atoms with E-state index in [1.807, 2.05) is 25.1 Å². The van der Waals surface area contributed by atoms with Crippen LogP contribution in [0.4, 0.5) is 0 Å². The van der Waals surface area contributed by atoms with Crippen LogP contribution < -0.4 is 10.1 Å². The molecule has 1 unspecified atom stereocenters. The van der Waals surface area contributed by atoms with Crippen LogP contribution in [0.2, 0.25) is 5.02 Å². The molecule has 0 aliphatic carbocycles. The first-order chi connectivity index (χ1) is 11.0. The van der Waals surface area contributed by atoms with Crippen molar-refractivity contribution in [1.82, 2.24) is 5.32 Å². The number of rotatable bonds is 6. The SMILES string of the molecule is CC(=O)c1cccc(OCC(=O)NC(C)c2cccc(Cl)c2)c1. The van der Waals surface area contributed by atoms with Crippen LogP contribution in [0.1, 0.15) is 35.8 Å². The van der Waals surface area contributed by atoms with Crippen LogP contribution >= 0.6 is 11.6 Å². The predicted octanol–water partition coefficient (Wildman–Crippen LogP) is 3.80. The van der Waals surface area contributed by atoms with Gasteiger partial charge in [0.05, 0.1) is 6.04 Å². The van der Waals surface area contributed by atoms with E-state index in [-0.39, 0.29) is 24.3 Å². The standard InChI is InChI=1S/C18H18ClNO3/c1-12(14-5-3-7-16(19)9-14)20-18(22)11-23-17-8-4-6-15(10-17)13(2)21/h3-10,12H,11H2,1-2H3,(H,20,22). The van der Waals surface area contributed by atoms with Crippen LogP contribution in [-0.2, 0) is 4.79 Å². The first kappa shape index (κ1) is 17.0. The minimum atomic E-state index is -0.245. The second-order valence-electron chi connectivity index (χ2n) is 5.22. The number of carbonyl (C=O) groups is 2. The maximum absolute atomic E-state index is 12.0. The van der Waals surface area contributed by atoms with Gasteiger partial charge in [0.1, 0.15) is 5.75 Å². The monoisotopic (exact) mass is 331 g/mol. The summed E-state index contributed by atoms with van der Waals surface area (Å²) < 4.78 is 5.43. The Morgan fingerprint density at radius 2 is 1.91 bits per heavy atom. The summed E-state index contributed by atoms with van der Waals surface area (Å²) in [6, 6.07) is 13.9. The number of ether oxygens (including phenoxy) is 1. The van der Waals surface area contributed by atoms with E-state index in [9.17, 15) is 9.59 Å². The molecule has 1 atom stereocenters. The summed E-state index contributed by atoms with van der Waals surface area (Å²) in [5, 5.41) is 3.47. The number of hydrogen-bond donors (Lipinski definition) is 1. The van der Waals surface area contributed by atoms with Gasteiger partial charge in [-0.2, -0.15) is 0 Å². The van der Waals surface area contributed by atoms with Gasteiger partial charge in [-0.3, -0.25) is 9.59 Å². The fourth-order valence-corrected chi connectivity index (χ4v) is 2.29. The third-order valence-corrected chi connectivity index (χ3v) is 3.57. The van der Waals surface area contributed by atoms with Crippen LogP contribution in [-0.4, -0.2) is 18.3 Å². The van der Waals surface area contributed by atoms with Crippen molar-refractivity contribution in [2.45, 2.75) is 19.9 Å². The van der Waals surface area contributed by atoms with Gasteiger partial charge in [-0.15, -0.1) is 0 Å². The van der Waals surface area contributed by atoms with Crippen molar-refractivity contribution in [2.75, 3.05) is 6.61 Å². The summed E-state index contributed by atoms with van der Waals surface area (Å²) in [5.74, 6) is 0.198. The number of benzene rings is 2. The van der Waals surface area contributed by atoms with Crippen molar-refractivity contribution in [3.63, 3.8) is 0 Å². The summed E-state index contributed by atoms with van der Waals surface area (Å²) in [7, 11) is 0. The van der Waals surface area contributed by atoms with Crippen molar-refractivity contribution in [1.29, 1.82) is 0 Å². The molecule has 0 heterocycles. The fourth-order valence-electron chi connectivity index (χ4n) is 2.10. The molecule has 2 aromatic carbocycles. The Hall–Kier alpha value is -2.33. The molecular formula is C18H18ClNO3.